The van der Waals surface area contributed by atoms with E-state index in [9.17, 15) is 14.3 Å². The van der Waals surface area contributed by atoms with Crippen LogP contribution in [0.5, 0.6) is 5.75 Å². The maximum atomic E-state index is 14.2. The summed E-state index contributed by atoms with van der Waals surface area (Å²) in [6.07, 6.45) is 1.56. The Bertz CT molecular complexity index is 1420. The summed E-state index contributed by atoms with van der Waals surface area (Å²) in [5.74, 6) is -0.187. The van der Waals surface area contributed by atoms with Crippen molar-refractivity contribution in [2.75, 3.05) is 6.54 Å². The van der Waals surface area contributed by atoms with Gasteiger partial charge in [-0.05, 0) is 73.5 Å². The van der Waals surface area contributed by atoms with Gasteiger partial charge in [0.05, 0.1) is 5.56 Å². The Morgan fingerprint density at radius 2 is 1.81 bits per heavy atom. The molecule has 0 fully saturated rings. The molecule has 3 unspecified atom stereocenters. The minimum absolute atomic E-state index is 0.0101. The Kier molecular flexibility index (Phi) is 6.75. The summed E-state index contributed by atoms with van der Waals surface area (Å²) in [5.41, 5.74) is 4.26. The van der Waals surface area contributed by atoms with Crippen molar-refractivity contribution in [3.8, 4) is 5.75 Å². The Labute approximate surface area is 210 Å². The Morgan fingerprint density at radius 1 is 1.06 bits per heavy atom. The third-order valence-corrected chi connectivity index (χ3v) is 7.27. The van der Waals surface area contributed by atoms with E-state index in [2.05, 4.69) is 18.3 Å². The van der Waals surface area contributed by atoms with Crippen LogP contribution in [0.15, 0.2) is 78.9 Å². The number of benzene rings is 4. The van der Waals surface area contributed by atoms with Gasteiger partial charge in [0.25, 0.3) is 0 Å². The molecule has 4 aromatic carbocycles. The van der Waals surface area contributed by atoms with Crippen LogP contribution in [0.2, 0.25) is 0 Å². The van der Waals surface area contributed by atoms with E-state index < -0.39 is 5.97 Å². The molecule has 0 amide bonds. The van der Waals surface area contributed by atoms with Crippen LogP contribution in [0.4, 0.5) is 4.39 Å². The molecule has 184 valence electrons. The number of carbonyl (C=O) groups is 1. The van der Waals surface area contributed by atoms with Gasteiger partial charge in [-0.1, -0.05) is 60.7 Å². The van der Waals surface area contributed by atoms with Crippen LogP contribution < -0.4 is 10.1 Å². The molecule has 5 heteroatoms. The highest BCUT2D eigenvalue weighted by Crippen LogP contribution is 2.41. The maximum Gasteiger partial charge on any atom is 0.335 e. The number of carboxylic acid groups (broad SMARTS) is 1. The number of rotatable bonds is 7. The van der Waals surface area contributed by atoms with Gasteiger partial charge < -0.3 is 15.2 Å². The average molecular weight is 484 g/mol. The van der Waals surface area contributed by atoms with E-state index >= 15 is 0 Å². The lowest BCUT2D eigenvalue weighted by molar-refractivity contribution is 0.0696. The zero-order valence-electron chi connectivity index (χ0n) is 20.5. The topological polar surface area (TPSA) is 58.6 Å². The highest BCUT2D eigenvalue weighted by Gasteiger charge is 2.30. The second kappa shape index (κ2) is 10.1. The van der Waals surface area contributed by atoms with Crippen molar-refractivity contribution in [2.24, 2.45) is 0 Å². The molecule has 2 N–H and O–H groups in total. The fourth-order valence-electron chi connectivity index (χ4n) is 5.31. The fourth-order valence-corrected chi connectivity index (χ4v) is 5.31. The Balaban J connectivity index is 1.32. The van der Waals surface area contributed by atoms with Crippen molar-refractivity contribution in [1.29, 1.82) is 0 Å². The zero-order valence-corrected chi connectivity index (χ0v) is 20.5. The second-order valence-electron chi connectivity index (χ2n) is 9.59. The van der Waals surface area contributed by atoms with E-state index in [0.717, 1.165) is 52.8 Å². The molecule has 0 saturated heterocycles. The Morgan fingerprint density at radius 3 is 2.61 bits per heavy atom. The number of hydrogen-bond donors (Lipinski definition) is 2. The van der Waals surface area contributed by atoms with Gasteiger partial charge in [-0.3, -0.25) is 0 Å². The van der Waals surface area contributed by atoms with Crippen LogP contribution >= 0.6 is 0 Å². The Hall–Kier alpha value is -3.70. The first-order valence-corrected chi connectivity index (χ1v) is 12.4. The first-order valence-electron chi connectivity index (χ1n) is 12.4. The predicted molar refractivity (Wildman–Crippen MR) is 140 cm³/mol. The molecule has 4 nitrogen and oxygen atoms in total. The lowest BCUT2D eigenvalue weighted by atomic mass is 9.82. The number of nitrogens with one attached hydrogen (secondary N) is 1. The van der Waals surface area contributed by atoms with Gasteiger partial charge in [0, 0.05) is 22.9 Å². The summed E-state index contributed by atoms with van der Waals surface area (Å²) in [5, 5.41) is 14.8. The summed E-state index contributed by atoms with van der Waals surface area (Å²) in [6.45, 7) is 4.66. The smallest absolute Gasteiger partial charge is 0.335 e. The van der Waals surface area contributed by atoms with Crippen LogP contribution in [0.25, 0.3) is 10.8 Å². The molecule has 0 aromatic heterocycles. The van der Waals surface area contributed by atoms with Crippen molar-refractivity contribution < 1.29 is 19.0 Å². The SMILES string of the molecule is Cc1ccc(C2CC(CCNC(C)c3ccc(F)c4ccccc34)Oc3ccccc32)cc1C(=O)O. The largest absolute Gasteiger partial charge is 0.490 e. The molecule has 0 saturated carbocycles. The first-order chi connectivity index (χ1) is 17.4. The summed E-state index contributed by atoms with van der Waals surface area (Å²) in [6, 6.07) is 24.8. The lowest BCUT2D eigenvalue weighted by Gasteiger charge is -2.33. The number of ether oxygens (including phenoxy) is 1. The van der Waals surface area contributed by atoms with Crippen molar-refractivity contribution in [3.63, 3.8) is 0 Å². The minimum Gasteiger partial charge on any atom is -0.490 e. The van der Waals surface area contributed by atoms with Crippen LogP contribution in [0.3, 0.4) is 0 Å². The predicted octanol–water partition coefficient (Wildman–Crippen LogP) is 7.01. The molecule has 0 aliphatic carbocycles. The number of aryl methyl sites for hydroxylation is 1. The molecule has 0 spiro atoms. The van der Waals surface area contributed by atoms with Crippen molar-refractivity contribution in [1.82, 2.24) is 5.32 Å². The summed E-state index contributed by atoms with van der Waals surface area (Å²) < 4.78 is 20.6. The fraction of sp³-hybridized carbons (Fsp3) is 0.258. The molecule has 1 aliphatic rings. The highest BCUT2D eigenvalue weighted by atomic mass is 19.1. The summed E-state index contributed by atoms with van der Waals surface area (Å²) >= 11 is 0. The van der Waals surface area contributed by atoms with Crippen molar-refractivity contribution in [3.05, 3.63) is 112 Å². The molecule has 0 bridgehead atoms. The quantitative estimate of drug-likeness (QED) is 0.297. The molecule has 0 radical (unpaired) electrons. The zero-order chi connectivity index (χ0) is 25.2. The van der Waals surface area contributed by atoms with Crippen molar-refractivity contribution in [2.45, 2.75) is 44.8 Å². The monoisotopic (exact) mass is 483 g/mol. The van der Waals surface area contributed by atoms with E-state index in [1.807, 2.05) is 73.7 Å². The standard InChI is InChI=1S/C31H30FNO3/c1-19-11-12-21(17-27(19)31(34)35)28-18-22(36-30-10-6-5-9-26(28)30)15-16-33-20(2)23-13-14-29(32)25-8-4-3-7-24(23)25/h3-14,17,20,22,28,33H,15-16,18H2,1-2H3,(H,34,35). The second-order valence-corrected chi connectivity index (χ2v) is 9.59. The molecule has 1 aliphatic heterocycles. The van der Waals surface area contributed by atoms with E-state index in [-0.39, 0.29) is 23.9 Å². The van der Waals surface area contributed by atoms with Gasteiger partial charge in [-0.25, -0.2) is 9.18 Å². The molecule has 36 heavy (non-hydrogen) atoms. The van der Waals surface area contributed by atoms with Gasteiger partial charge in [-0.2, -0.15) is 0 Å². The average Bonchev–Trinajstić information content (AvgIpc) is 2.88. The number of halogens is 1. The number of carboxylic acids is 1. The van der Waals surface area contributed by atoms with Crippen molar-refractivity contribution >= 4 is 16.7 Å². The first kappa shape index (κ1) is 24.0. The molecular formula is C31H30FNO3. The van der Waals surface area contributed by atoms with Gasteiger partial charge in [0.15, 0.2) is 0 Å². The molecule has 1 heterocycles. The van der Waals surface area contributed by atoms with Gasteiger partial charge >= 0.3 is 5.97 Å². The van der Waals surface area contributed by atoms with Gasteiger partial charge in [0.2, 0.25) is 0 Å². The van der Waals surface area contributed by atoms with Crippen LogP contribution in [0.1, 0.15) is 64.3 Å². The maximum absolute atomic E-state index is 14.2. The van der Waals surface area contributed by atoms with Gasteiger partial charge in [-0.15, -0.1) is 0 Å². The molecular weight excluding hydrogens is 453 g/mol. The number of hydrogen-bond acceptors (Lipinski definition) is 3. The van der Waals surface area contributed by atoms with Gasteiger partial charge in [0.1, 0.15) is 17.7 Å². The minimum atomic E-state index is -0.905. The van der Waals surface area contributed by atoms with Crippen LogP contribution in [-0.4, -0.2) is 23.7 Å². The lowest BCUT2D eigenvalue weighted by Crippen LogP contribution is -2.31. The van der Waals surface area contributed by atoms with E-state index in [0.29, 0.717) is 10.9 Å². The van der Waals surface area contributed by atoms with E-state index in [1.54, 1.807) is 0 Å². The highest BCUT2D eigenvalue weighted by molar-refractivity contribution is 5.89. The normalized spacial score (nSPS) is 17.9. The third-order valence-electron chi connectivity index (χ3n) is 7.27. The third kappa shape index (κ3) is 4.71. The van der Waals surface area contributed by atoms with E-state index in [1.165, 1.54) is 6.07 Å². The van der Waals surface area contributed by atoms with Crippen LogP contribution in [-0.2, 0) is 0 Å². The molecule has 4 aromatic rings. The van der Waals surface area contributed by atoms with Crippen LogP contribution in [0, 0.1) is 12.7 Å². The summed E-state index contributed by atoms with van der Waals surface area (Å²) in [4.78, 5) is 11.7. The number of para-hydroxylation sites is 1. The summed E-state index contributed by atoms with van der Waals surface area (Å²) in [7, 11) is 0. The van der Waals surface area contributed by atoms with E-state index in [4.69, 9.17) is 4.74 Å². The molecule has 3 atom stereocenters. The number of fused-ring (bicyclic) bond motifs is 2. The molecule has 5 rings (SSSR count). The number of aromatic carboxylic acids is 1.